The fourth-order valence-corrected chi connectivity index (χ4v) is 3.62. The molecule has 0 radical (unpaired) electrons. The third-order valence-electron chi connectivity index (χ3n) is 5.01. The number of aliphatic hydroxyl groups is 1. The first-order valence-corrected chi connectivity index (χ1v) is 8.35. The topological polar surface area (TPSA) is 96.2 Å². The van der Waals surface area contributed by atoms with Crippen LogP contribution in [0.5, 0.6) is 11.5 Å². The molecule has 1 aliphatic carbocycles. The van der Waals surface area contributed by atoms with Gasteiger partial charge in [0.1, 0.15) is 6.61 Å². The fourth-order valence-electron chi connectivity index (χ4n) is 3.62. The molecule has 0 spiro atoms. The number of benzene rings is 1. The highest BCUT2D eigenvalue weighted by atomic mass is 16.6. The molecule has 0 saturated heterocycles. The van der Waals surface area contributed by atoms with Crippen LogP contribution in [0.4, 0.5) is 0 Å². The molecule has 4 atom stereocenters. The van der Waals surface area contributed by atoms with Crippen LogP contribution in [0.1, 0.15) is 25.3 Å². The van der Waals surface area contributed by atoms with E-state index in [9.17, 15) is 20.1 Å². The van der Waals surface area contributed by atoms with Crippen molar-refractivity contribution in [2.45, 2.75) is 26.1 Å². The average Bonchev–Trinajstić information content (AvgIpc) is 2.98. The van der Waals surface area contributed by atoms with E-state index in [1.54, 1.807) is 6.07 Å². The number of phenolic OH excluding ortho intramolecular Hbond substituents is 2. The van der Waals surface area contributed by atoms with Crippen molar-refractivity contribution in [3.05, 3.63) is 41.7 Å². The first-order valence-electron chi connectivity index (χ1n) is 8.35. The number of esters is 1. The number of carbonyl (C=O) groups excluding carboxylic acids is 1. The molecule has 2 aliphatic rings. The normalized spacial score (nSPS) is 28.3. The van der Waals surface area contributed by atoms with Gasteiger partial charge in [-0.15, -0.1) is 0 Å². The lowest BCUT2D eigenvalue weighted by molar-refractivity contribution is -0.139. The van der Waals surface area contributed by atoms with Gasteiger partial charge >= 0.3 is 5.97 Å². The highest BCUT2D eigenvalue weighted by Gasteiger charge is 2.43. The lowest BCUT2D eigenvalue weighted by atomic mass is 9.84. The molecule has 1 saturated carbocycles. The smallest absolute Gasteiger partial charge is 0.331 e. The minimum Gasteiger partial charge on any atom is -0.504 e. The Morgan fingerprint density at radius 2 is 2.12 bits per heavy atom. The minimum absolute atomic E-state index is 0.0502. The van der Waals surface area contributed by atoms with Crippen LogP contribution in [-0.2, 0) is 14.3 Å². The van der Waals surface area contributed by atoms with E-state index in [4.69, 9.17) is 9.47 Å². The van der Waals surface area contributed by atoms with Gasteiger partial charge in [0, 0.05) is 17.6 Å². The van der Waals surface area contributed by atoms with Crippen molar-refractivity contribution in [3.63, 3.8) is 0 Å². The summed E-state index contributed by atoms with van der Waals surface area (Å²) in [6, 6.07) is 4.27. The molecule has 6 heteroatoms. The molecule has 3 rings (SSSR count). The van der Waals surface area contributed by atoms with Gasteiger partial charge in [-0.1, -0.05) is 13.0 Å². The van der Waals surface area contributed by atoms with Gasteiger partial charge in [-0.25, -0.2) is 4.79 Å². The lowest BCUT2D eigenvalue weighted by Crippen LogP contribution is -2.34. The van der Waals surface area contributed by atoms with E-state index in [-0.39, 0.29) is 29.9 Å². The summed E-state index contributed by atoms with van der Waals surface area (Å²) in [6.45, 7) is 2.23. The van der Waals surface area contributed by atoms with Gasteiger partial charge in [0.25, 0.3) is 0 Å². The minimum atomic E-state index is -0.788. The SMILES string of the molecule is C[C@@H]1CC[C@H]2C(COC(=O)C=Cc3ccc(O)c(O)c3)=CO[C@@H](O)[C@H]12. The Hall–Kier alpha value is -2.47. The monoisotopic (exact) mass is 346 g/mol. The zero-order valence-electron chi connectivity index (χ0n) is 14.0. The third-order valence-corrected chi connectivity index (χ3v) is 5.01. The van der Waals surface area contributed by atoms with E-state index in [1.165, 1.54) is 30.5 Å². The maximum atomic E-state index is 11.9. The molecule has 25 heavy (non-hydrogen) atoms. The molecule has 0 bridgehead atoms. The summed E-state index contributed by atoms with van der Waals surface area (Å²) in [6.07, 6.45) is 5.46. The molecular formula is C19H22O6. The number of rotatable bonds is 4. The van der Waals surface area contributed by atoms with Gasteiger partial charge in [0.05, 0.1) is 6.26 Å². The highest BCUT2D eigenvalue weighted by Crippen LogP contribution is 2.45. The highest BCUT2D eigenvalue weighted by molar-refractivity contribution is 5.87. The van der Waals surface area contributed by atoms with Gasteiger partial charge in [0.2, 0.25) is 0 Å². The maximum Gasteiger partial charge on any atom is 0.331 e. The fraction of sp³-hybridized carbons (Fsp3) is 0.421. The number of aliphatic hydroxyl groups excluding tert-OH is 1. The molecule has 0 unspecified atom stereocenters. The zero-order valence-corrected chi connectivity index (χ0v) is 14.0. The van der Waals surface area contributed by atoms with Crippen LogP contribution >= 0.6 is 0 Å². The van der Waals surface area contributed by atoms with Crippen LogP contribution in [0.2, 0.25) is 0 Å². The maximum absolute atomic E-state index is 11.9. The summed E-state index contributed by atoms with van der Waals surface area (Å²) in [7, 11) is 0. The summed E-state index contributed by atoms with van der Waals surface area (Å²) in [5.74, 6) is -0.367. The summed E-state index contributed by atoms with van der Waals surface area (Å²) >= 11 is 0. The van der Waals surface area contributed by atoms with Crippen molar-refractivity contribution in [3.8, 4) is 11.5 Å². The predicted molar refractivity (Wildman–Crippen MR) is 90.3 cm³/mol. The Morgan fingerprint density at radius 3 is 2.88 bits per heavy atom. The predicted octanol–water partition coefficient (Wildman–Crippen LogP) is 2.55. The van der Waals surface area contributed by atoms with Crippen molar-refractivity contribution in [1.82, 2.24) is 0 Å². The quantitative estimate of drug-likeness (QED) is 0.440. The van der Waals surface area contributed by atoms with Crippen LogP contribution in [0.25, 0.3) is 6.08 Å². The molecule has 3 N–H and O–H groups in total. The van der Waals surface area contributed by atoms with Crippen molar-refractivity contribution in [2.75, 3.05) is 6.61 Å². The van der Waals surface area contributed by atoms with Gasteiger partial charge in [-0.05, 0) is 48.4 Å². The Balaban J connectivity index is 1.57. The molecule has 1 aromatic rings. The largest absolute Gasteiger partial charge is 0.504 e. The Kier molecular flexibility index (Phi) is 4.99. The van der Waals surface area contributed by atoms with E-state index in [2.05, 4.69) is 6.92 Å². The number of phenols is 2. The second kappa shape index (κ2) is 7.19. The summed E-state index contributed by atoms with van der Waals surface area (Å²) < 4.78 is 10.6. The first-order chi connectivity index (χ1) is 12.0. The molecule has 0 aromatic heterocycles. The van der Waals surface area contributed by atoms with Crippen molar-refractivity contribution in [2.24, 2.45) is 17.8 Å². The Labute approximate surface area is 146 Å². The van der Waals surface area contributed by atoms with Gasteiger partial charge < -0.3 is 24.8 Å². The van der Waals surface area contributed by atoms with Gasteiger partial charge in [0.15, 0.2) is 17.8 Å². The third kappa shape index (κ3) is 3.79. The number of ether oxygens (including phenoxy) is 2. The molecule has 1 fully saturated rings. The van der Waals surface area contributed by atoms with E-state index >= 15 is 0 Å². The van der Waals surface area contributed by atoms with E-state index in [0.29, 0.717) is 11.5 Å². The molecule has 6 nitrogen and oxygen atoms in total. The summed E-state index contributed by atoms with van der Waals surface area (Å²) in [4.78, 5) is 11.9. The van der Waals surface area contributed by atoms with Crippen LogP contribution in [-0.4, -0.2) is 34.2 Å². The number of fused-ring (bicyclic) bond motifs is 1. The Bertz CT molecular complexity index is 708. The van der Waals surface area contributed by atoms with Crippen LogP contribution in [0.3, 0.4) is 0 Å². The molecular weight excluding hydrogens is 324 g/mol. The summed E-state index contributed by atoms with van der Waals surface area (Å²) in [5, 5.41) is 28.7. The van der Waals surface area contributed by atoms with Crippen molar-refractivity contribution < 1.29 is 29.6 Å². The zero-order chi connectivity index (χ0) is 18.0. The molecule has 0 amide bonds. The number of hydrogen-bond acceptors (Lipinski definition) is 6. The van der Waals surface area contributed by atoms with Crippen LogP contribution in [0, 0.1) is 17.8 Å². The lowest BCUT2D eigenvalue weighted by Gasteiger charge is -2.32. The number of carbonyl (C=O) groups is 1. The molecule has 1 heterocycles. The van der Waals surface area contributed by atoms with Crippen LogP contribution in [0.15, 0.2) is 36.1 Å². The van der Waals surface area contributed by atoms with Crippen molar-refractivity contribution >= 4 is 12.0 Å². The number of aromatic hydroxyl groups is 2. The average molecular weight is 346 g/mol. The van der Waals surface area contributed by atoms with Crippen LogP contribution < -0.4 is 0 Å². The molecule has 1 aliphatic heterocycles. The van der Waals surface area contributed by atoms with Gasteiger partial charge in [-0.3, -0.25) is 0 Å². The second-order valence-corrected chi connectivity index (χ2v) is 6.65. The molecule has 134 valence electrons. The van der Waals surface area contributed by atoms with Crippen molar-refractivity contribution in [1.29, 1.82) is 0 Å². The van der Waals surface area contributed by atoms with E-state index in [1.807, 2.05) is 0 Å². The number of hydrogen-bond donors (Lipinski definition) is 3. The van der Waals surface area contributed by atoms with E-state index in [0.717, 1.165) is 18.4 Å². The Morgan fingerprint density at radius 1 is 1.32 bits per heavy atom. The standard InChI is InChI=1S/C19H22O6/c1-11-2-5-14-13(10-25-19(23)18(11)14)9-24-17(22)7-4-12-3-6-15(20)16(21)8-12/h3-4,6-8,10-11,14,18-21,23H,2,5,9H2,1H3/t11-,14+,18-,19-/m1/s1. The van der Waals surface area contributed by atoms with Gasteiger partial charge in [-0.2, -0.15) is 0 Å². The summed E-state index contributed by atoms with van der Waals surface area (Å²) in [5.41, 5.74) is 1.46. The van der Waals surface area contributed by atoms with E-state index < -0.39 is 12.3 Å². The second-order valence-electron chi connectivity index (χ2n) is 6.65. The molecule has 1 aromatic carbocycles. The first kappa shape index (κ1) is 17.4.